The third-order valence-corrected chi connectivity index (χ3v) is 3.06. The second-order valence-electron chi connectivity index (χ2n) is 5.65. The Bertz CT molecular complexity index is 560. The average Bonchev–Trinajstić information content (AvgIpc) is 2.43. The lowest BCUT2D eigenvalue weighted by Crippen LogP contribution is -2.44. The van der Waals surface area contributed by atoms with Crippen molar-refractivity contribution in [3.63, 3.8) is 0 Å². The van der Waals surface area contributed by atoms with Crippen molar-refractivity contribution < 1.29 is 19.4 Å². The summed E-state index contributed by atoms with van der Waals surface area (Å²) in [6, 6.07) is 5.78. The number of hydrogen-bond donors (Lipinski definition) is 2. The van der Waals surface area contributed by atoms with E-state index in [1.807, 2.05) is 19.9 Å². The maximum Gasteiger partial charge on any atom is 0.326 e. The van der Waals surface area contributed by atoms with Crippen LogP contribution in [0.25, 0.3) is 0 Å². The molecule has 0 aliphatic carbocycles. The van der Waals surface area contributed by atoms with Gasteiger partial charge in [-0.3, -0.25) is 4.79 Å². The Labute approximate surface area is 131 Å². The highest BCUT2D eigenvalue weighted by atomic mass is 16.5. The quantitative estimate of drug-likeness (QED) is 0.760. The van der Waals surface area contributed by atoms with Gasteiger partial charge >= 0.3 is 5.97 Å². The molecule has 1 aromatic carbocycles. The molecule has 1 rings (SSSR count). The maximum atomic E-state index is 12.2. The molecule has 0 saturated heterocycles. The number of allylic oxidation sites excluding steroid dienone is 1. The van der Waals surface area contributed by atoms with Crippen LogP contribution in [-0.2, 0) is 4.79 Å². The third-order valence-electron chi connectivity index (χ3n) is 3.06. The average molecular weight is 305 g/mol. The largest absolute Gasteiger partial charge is 0.490 e. The molecule has 1 atom stereocenters. The molecule has 0 radical (unpaired) electrons. The minimum Gasteiger partial charge on any atom is -0.490 e. The second kappa shape index (κ2) is 8.22. The zero-order chi connectivity index (χ0) is 16.7. The fourth-order valence-corrected chi connectivity index (χ4v) is 1.77. The molecule has 0 spiro atoms. The van der Waals surface area contributed by atoms with Crippen LogP contribution in [0.5, 0.6) is 5.75 Å². The van der Waals surface area contributed by atoms with E-state index < -0.39 is 17.9 Å². The Morgan fingerprint density at radius 3 is 2.55 bits per heavy atom. The first kappa shape index (κ1) is 17.8. The van der Waals surface area contributed by atoms with Crippen LogP contribution in [0.1, 0.15) is 38.1 Å². The number of carboxylic acid groups (broad SMARTS) is 1. The first-order valence-corrected chi connectivity index (χ1v) is 7.21. The summed E-state index contributed by atoms with van der Waals surface area (Å²) in [5.74, 6) is -1.09. The van der Waals surface area contributed by atoms with Crippen LogP contribution in [0.4, 0.5) is 0 Å². The zero-order valence-electron chi connectivity index (χ0n) is 13.4. The normalized spacial score (nSPS) is 11.7. The number of amides is 1. The molecule has 22 heavy (non-hydrogen) atoms. The smallest absolute Gasteiger partial charge is 0.326 e. The van der Waals surface area contributed by atoms with Gasteiger partial charge in [-0.05, 0) is 44.0 Å². The maximum absolute atomic E-state index is 12.2. The van der Waals surface area contributed by atoms with E-state index in [2.05, 4.69) is 5.32 Å². The lowest BCUT2D eigenvalue weighted by atomic mass is 10.0. The van der Waals surface area contributed by atoms with Crippen molar-refractivity contribution >= 4 is 11.9 Å². The minimum absolute atomic E-state index is 0.196. The number of carbonyl (C=O) groups excluding carboxylic acids is 1. The van der Waals surface area contributed by atoms with Gasteiger partial charge in [0.2, 0.25) is 0 Å². The first-order chi connectivity index (χ1) is 10.3. The van der Waals surface area contributed by atoms with E-state index in [0.717, 1.165) is 5.57 Å². The van der Waals surface area contributed by atoms with Crippen LogP contribution < -0.4 is 10.1 Å². The summed E-state index contributed by atoms with van der Waals surface area (Å²) in [5, 5.41) is 11.6. The van der Waals surface area contributed by atoms with Crippen molar-refractivity contribution in [2.75, 3.05) is 6.61 Å². The summed E-state index contributed by atoms with van der Waals surface area (Å²) in [6.45, 7) is 7.88. The molecule has 1 amide bonds. The van der Waals surface area contributed by atoms with Crippen molar-refractivity contribution in [1.82, 2.24) is 5.32 Å². The summed E-state index contributed by atoms with van der Waals surface area (Å²) in [7, 11) is 0. The van der Waals surface area contributed by atoms with E-state index in [1.54, 1.807) is 38.1 Å². The monoisotopic (exact) mass is 305 g/mol. The van der Waals surface area contributed by atoms with Gasteiger partial charge in [-0.25, -0.2) is 4.79 Å². The van der Waals surface area contributed by atoms with Crippen LogP contribution in [0.2, 0.25) is 0 Å². The van der Waals surface area contributed by atoms with Crippen LogP contribution in [0.3, 0.4) is 0 Å². The number of hydrogen-bond acceptors (Lipinski definition) is 3. The van der Waals surface area contributed by atoms with Crippen molar-refractivity contribution in [3.8, 4) is 5.75 Å². The highest BCUT2D eigenvalue weighted by Crippen LogP contribution is 2.14. The molecule has 0 saturated carbocycles. The summed E-state index contributed by atoms with van der Waals surface area (Å²) < 4.78 is 5.53. The lowest BCUT2D eigenvalue weighted by Gasteiger charge is -2.18. The zero-order valence-corrected chi connectivity index (χ0v) is 13.4. The van der Waals surface area contributed by atoms with Gasteiger partial charge in [0.25, 0.3) is 5.91 Å². The van der Waals surface area contributed by atoms with E-state index in [4.69, 9.17) is 9.84 Å². The van der Waals surface area contributed by atoms with Crippen LogP contribution in [-0.4, -0.2) is 29.6 Å². The molecule has 0 heterocycles. The standard InChI is InChI=1S/C17H23NO4/c1-11(2)8-9-22-14-7-5-6-13(10-14)16(19)18-15(12(3)4)17(20)21/h5-8,10,12,15H,9H2,1-4H3,(H,18,19)(H,20,21)/t15-/m1/s1. The Morgan fingerprint density at radius 1 is 1.32 bits per heavy atom. The molecule has 1 aromatic rings. The molecule has 5 heteroatoms. The lowest BCUT2D eigenvalue weighted by molar-refractivity contribution is -0.140. The Hall–Kier alpha value is -2.30. The van der Waals surface area contributed by atoms with Gasteiger partial charge in [0, 0.05) is 5.56 Å². The van der Waals surface area contributed by atoms with Crippen LogP contribution >= 0.6 is 0 Å². The van der Waals surface area contributed by atoms with Gasteiger partial charge in [0.1, 0.15) is 18.4 Å². The predicted molar refractivity (Wildman–Crippen MR) is 85.1 cm³/mol. The molecule has 0 fully saturated rings. The molecule has 0 unspecified atom stereocenters. The number of ether oxygens (including phenoxy) is 1. The SMILES string of the molecule is CC(C)=CCOc1cccc(C(=O)N[C@@H](C(=O)O)C(C)C)c1. The predicted octanol–water partition coefficient (Wildman–Crippen LogP) is 2.87. The molecule has 120 valence electrons. The molecule has 0 aliphatic rings. The fourth-order valence-electron chi connectivity index (χ4n) is 1.77. The molecule has 0 aliphatic heterocycles. The van der Waals surface area contributed by atoms with Crippen molar-refractivity contribution in [2.24, 2.45) is 5.92 Å². The number of carboxylic acids is 1. The Kier molecular flexibility index (Phi) is 6.63. The van der Waals surface area contributed by atoms with E-state index in [1.165, 1.54) is 0 Å². The Morgan fingerprint density at radius 2 is 2.00 bits per heavy atom. The molecule has 0 bridgehead atoms. The van der Waals surface area contributed by atoms with Crippen molar-refractivity contribution in [3.05, 3.63) is 41.5 Å². The first-order valence-electron chi connectivity index (χ1n) is 7.21. The summed E-state index contributed by atoms with van der Waals surface area (Å²) in [6.07, 6.45) is 1.94. The van der Waals surface area contributed by atoms with Gasteiger partial charge < -0.3 is 15.2 Å². The number of carbonyl (C=O) groups is 2. The van der Waals surface area contributed by atoms with E-state index >= 15 is 0 Å². The fraction of sp³-hybridized carbons (Fsp3) is 0.412. The molecular formula is C17H23NO4. The highest BCUT2D eigenvalue weighted by molar-refractivity contribution is 5.96. The highest BCUT2D eigenvalue weighted by Gasteiger charge is 2.23. The van der Waals surface area contributed by atoms with Crippen molar-refractivity contribution in [1.29, 1.82) is 0 Å². The van der Waals surface area contributed by atoms with Gasteiger partial charge in [-0.15, -0.1) is 0 Å². The molecule has 2 N–H and O–H groups in total. The molecular weight excluding hydrogens is 282 g/mol. The molecule has 0 aromatic heterocycles. The van der Waals surface area contributed by atoms with E-state index in [0.29, 0.717) is 17.9 Å². The number of aliphatic carboxylic acids is 1. The van der Waals surface area contributed by atoms with Gasteiger partial charge in [0.05, 0.1) is 0 Å². The number of nitrogens with one attached hydrogen (secondary N) is 1. The minimum atomic E-state index is -1.04. The van der Waals surface area contributed by atoms with E-state index in [-0.39, 0.29) is 5.92 Å². The summed E-state index contributed by atoms with van der Waals surface area (Å²) in [4.78, 5) is 23.3. The second-order valence-corrected chi connectivity index (χ2v) is 5.65. The van der Waals surface area contributed by atoms with Crippen LogP contribution in [0, 0.1) is 5.92 Å². The Balaban J connectivity index is 2.77. The topological polar surface area (TPSA) is 75.6 Å². The number of benzene rings is 1. The van der Waals surface area contributed by atoms with Gasteiger partial charge in [-0.1, -0.05) is 25.5 Å². The van der Waals surface area contributed by atoms with Crippen molar-refractivity contribution in [2.45, 2.75) is 33.7 Å². The van der Waals surface area contributed by atoms with Gasteiger partial charge in [-0.2, -0.15) is 0 Å². The third kappa shape index (κ3) is 5.60. The summed E-state index contributed by atoms with van der Waals surface area (Å²) in [5.41, 5.74) is 1.52. The van der Waals surface area contributed by atoms with Crippen LogP contribution in [0.15, 0.2) is 35.9 Å². The summed E-state index contributed by atoms with van der Waals surface area (Å²) >= 11 is 0. The van der Waals surface area contributed by atoms with E-state index in [9.17, 15) is 9.59 Å². The number of rotatable bonds is 7. The van der Waals surface area contributed by atoms with Gasteiger partial charge in [0.15, 0.2) is 0 Å². The molecule has 5 nitrogen and oxygen atoms in total.